The molecule has 0 saturated carbocycles. The third kappa shape index (κ3) is 6.12. The summed E-state index contributed by atoms with van der Waals surface area (Å²) in [5, 5.41) is 0. The van der Waals surface area contributed by atoms with E-state index < -0.39 is 0 Å². The first-order valence-electron chi connectivity index (χ1n) is 5.88. The van der Waals surface area contributed by atoms with Crippen LogP contribution in [0.3, 0.4) is 0 Å². The quantitative estimate of drug-likeness (QED) is 0.571. The van der Waals surface area contributed by atoms with Crippen LogP contribution in [-0.2, 0) is 0 Å². The Balaban J connectivity index is 3.54. The van der Waals surface area contributed by atoms with Gasteiger partial charge in [-0.1, -0.05) is 67.2 Å². The van der Waals surface area contributed by atoms with Crippen LogP contribution in [0.15, 0.2) is 0 Å². The fraction of sp³-hybridized carbons (Fsp3) is 1.00. The van der Waals surface area contributed by atoms with E-state index in [1.54, 1.807) is 0 Å². The predicted molar refractivity (Wildman–Crippen MR) is 61.9 cm³/mol. The molecule has 0 heteroatoms. The standard InChI is InChI=1S/C13H28/c1-7-11(2)9-8-10-12(3)13(4,5)6/h11-12H,7-10H2,1-6H3. The van der Waals surface area contributed by atoms with Crippen molar-refractivity contribution < 1.29 is 0 Å². The van der Waals surface area contributed by atoms with Gasteiger partial charge in [-0.05, 0) is 17.3 Å². The van der Waals surface area contributed by atoms with Gasteiger partial charge in [0.05, 0.1) is 0 Å². The second kappa shape index (κ2) is 5.67. The van der Waals surface area contributed by atoms with Crippen LogP contribution >= 0.6 is 0 Å². The van der Waals surface area contributed by atoms with Gasteiger partial charge in [-0.25, -0.2) is 0 Å². The van der Waals surface area contributed by atoms with Crippen molar-refractivity contribution in [2.75, 3.05) is 0 Å². The van der Waals surface area contributed by atoms with Crippen LogP contribution in [0.1, 0.15) is 67.2 Å². The molecule has 0 rings (SSSR count). The average molecular weight is 184 g/mol. The highest BCUT2D eigenvalue weighted by Gasteiger charge is 2.19. The zero-order chi connectivity index (χ0) is 10.5. The molecular formula is C13H28. The second-order valence-electron chi connectivity index (χ2n) is 5.71. The summed E-state index contributed by atoms with van der Waals surface area (Å²) in [7, 11) is 0. The highest BCUT2D eigenvalue weighted by molar-refractivity contribution is 4.70. The predicted octanol–water partition coefficient (Wildman–Crippen LogP) is 4.89. The molecule has 0 aromatic rings. The molecule has 80 valence electrons. The van der Waals surface area contributed by atoms with Gasteiger partial charge in [0, 0.05) is 0 Å². The molecule has 0 aromatic heterocycles. The summed E-state index contributed by atoms with van der Waals surface area (Å²) in [6.07, 6.45) is 5.56. The Morgan fingerprint density at radius 3 is 1.92 bits per heavy atom. The van der Waals surface area contributed by atoms with Crippen LogP contribution in [0.2, 0.25) is 0 Å². The van der Waals surface area contributed by atoms with Crippen LogP contribution in [0.25, 0.3) is 0 Å². The third-order valence-electron chi connectivity index (χ3n) is 3.51. The third-order valence-corrected chi connectivity index (χ3v) is 3.51. The van der Waals surface area contributed by atoms with E-state index in [1.807, 2.05) is 0 Å². The van der Waals surface area contributed by atoms with Gasteiger partial charge in [-0.3, -0.25) is 0 Å². The van der Waals surface area contributed by atoms with Crippen LogP contribution < -0.4 is 0 Å². The van der Waals surface area contributed by atoms with Gasteiger partial charge in [0.15, 0.2) is 0 Å². The second-order valence-corrected chi connectivity index (χ2v) is 5.71. The average Bonchev–Trinajstić information content (AvgIpc) is 2.02. The minimum absolute atomic E-state index is 0.495. The number of rotatable bonds is 5. The van der Waals surface area contributed by atoms with Gasteiger partial charge in [0.1, 0.15) is 0 Å². The van der Waals surface area contributed by atoms with E-state index in [0.29, 0.717) is 5.41 Å². The van der Waals surface area contributed by atoms with Gasteiger partial charge in [0.25, 0.3) is 0 Å². The van der Waals surface area contributed by atoms with Gasteiger partial charge in [-0.2, -0.15) is 0 Å². The molecule has 0 N–H and O–H groups in total. The SMILES string of the molecule is CCC(C)CCCC(C)C(C)(C)C. The summed E-state index contributed by atoms with van der Waals surface area (Å²) in [5.41, 5.74) is 0.495. The molecule has 0 aliphatic heterocycles. The van der Waals surface area contributed by atoms with Gasteiger partial charge in [0.2, 0.25) is 0 Å². The maximum atomic E-state index is 2.39. The molecule has 13 heavy (non-hydrogen) atoms. The Morgan fingerprint density at radius 1 is 1.00 bits per heavy atom. The normalized spacial score (nSPS) is 17.1. The highest BCUT2D eigenvalue weighted by atomic mass is 14.2. The summed E-state index contributed by atoms with van der Waals surface area (Å²) >= 11 is 0. The van der Waals surface area contributed by atoms with Crippen LogP contribution in [0, 0.1) is 17.3 Å². The molecule has 0 aliphatic carbocycles. The van der Waals surface area contributed by atoms with E-state index in [0.717, 1.165) is 11.8 Å². The molecule has 0 nitrogen and oxygen atoms in total. The van der Waals surface area contributed by atoms with Crippen molar-refractivity contribution in [1.29, 1.82) is 0 Å². The van der Waals surface area contributed by atoms with E-state index in [2.05, 4.69) is 41.5 Å². The van der Waals surface area contributed by atoms with Crippen molar-refractivity contribution in [3.8, 4) is 0 Å². The molecule has 0 amide bonds. The monoisotopic (exact) mass is 184 g/mol. The minimum atomic E-state index is 0.495. The van der Waals surface area contributed by atoms with Crippen molar-refractivity contribution in [3.63, 3.8) is 0 Å². The van der Waals surface area contributed by atoms with Gasteiger partial charge >= 0.3 is 0 Å². The lowest BCUT2D eigenvalue weighted by Crippen LogP contribution is -2.17. The topological polar surface area (TPSA) is 0 Å². The van der Waals surface area contributed by atoms with Crippen LogP contribution in [-0.4, -0.2) is 0 Å². The van der Waals surface area contributed by atoms with Crippen molar-refractivity contribution in [2.24, 2.45) is 17.3 Å². The molecule has 0 spiro atoms. The fourth-order valence-electron chi connectivity index (χ4n) is 1.41. The summed E-state index contributed by atoms with van der Waals surface area (Å²) in [4.78, 5) is 0. The molecule has 0 heterocycles. The molecule has 2 unspecified atom stereocenters. The Bertz CT molecular complexity index is 118. The lowest BCUT2D eigenvalue weighted by atomic mass is 9.79. The van der Waals surface area contributed by atoms with E-state index >= 15 is 0 Å². The molecule has 0 bridgehead atoms. The van der Waals surface area contributed by atoms with Crippen LogP contribution in [0.5, 0.6) is 0 Å². The molecule has 0 aliphatic rings. The Labute approximate surface area is 85.1 Å². The Hall–Kier alpha value is 0. The largest absolute Gasteiger partial charge is 0.0651 e. The Morgan fingerprint density at radius 2 is 1.54 bits per heavy atom. The van der Waals surface area contributed by atoms with Crippen molar-refractivity contribution in [2.45, 2.75) is 67.2 Å². The van der Waals surface area contributed by atoms with Gasteiger partial charge < -0.3 is 0 Å². The molecule has 2 atom stereocenters. The first-order chi connectivity index (χ1) is 5.88. The minimum Gasteiger partial charge on any atom is -0.0651 e. The molecule has 0 saturated heterocycles. The summed E-state index contributed by atoms with van der Waals surface area (Å²) < 4.78 is 0. The van der Waals surface area contributed by atoms with Gasteiger partial charge in [-0.15, -0.1) is 0 Å². The van der Waals surface area contributed by atoms with E-state index in [-0.39, 0.29) is 0 Å². The summed E-state index contributed by atoms with van der Waals surface area (Å²) in [5.74, 6) is 1.78. The molecular weight excluding hydrogens is 156 g/mol. The zero-order valence-corrected chi connectivity index (χ0v) is 10.5. The summed E-state index contributed by atoms with van der Waals surface area (Å²) in [6.45, 7) is 14.1. The molecule has 0 aromatic carbocycles. The van der Waals surface area contributed by atoms with E-state index in [1.165, 1.54) is 25.7 Å². The number of hydrogen-bond donors (Lipinski definition) is 0. The zero-order valence-electron chi connectivity index (χ0n) is 10.5. The maximum absolute atomic E-state index is 2.39. The first kappa shape index (κ1) is 13.0. The van der Waals surface area contributed by atoms with Crippen molar-refractivity contribution >= 4 is 0 Å². The molecule has 0 radical (unpaired) electrons. The molecule has 0 fully saturated rings. The fourth-order valence-corrected chi connectivity index (χ4v) is 1.41. The van der Waals surface area contributed by atoms with Crippen molar-refractivity contribution in [3.05, 3.63) is 0 Å². The van der Waals surface area contributed by atoms with Crippen LogP contribution in [0.4, 0.5) is 0 Å². The Kier molecular flexibility index (Phi) is 5.67. The van der Waals surface area contributed by atoms with E-state index in [4.69, 9.17) is 0 Å². The highest BCUT2D eigenvalue weighted by Crippen LogP contribution is 2.30. The van der Waals surface area contributed by atoms with Crippen molar-refractivity contribution in [1.82, 2.24) is 0 Å². The smallest absolute Gasteiger partial charge is 0.0357 e. The maximum Gasteiger partial charge on any atom is -0.0357 e. The first-order valence-corrected chi connectivity index (χ1v) is 5.88. The number of hydrogen-bond acceptors (Lipinski definition) is 0. The lowest BCUT2D eigenvalue weighted by Gasteiger charge is -2.27. The lowest BCUT2D eigenvalue weighted by molar-refractivity contribution is 0.237. The van der Waals surface area contributed by atoms with E-state index in [9.17, 15) is 0 Å². The summed E-state index contributed by atoms with van der Waals surface area (Å²) in [6, 6.07) is 0.